The lowest BCUT2D eigenvalue weighted by molar-refractivity contribution is -0.0257. The van der Waals surface area contributed by atoms with Crippen LogP contribution in [0.15, 0.2) is 48.5 Å². The van der Waals surface area contributed by atoms with Crippen molar-refractivity contribution in [2.24, 2.45) is 0 Å². The summed E-state index contributed by atoms with van der Waals surface area (Å²) in [6.45, 7) is 9.82. The van der Waals surface area contributed by atoms with Crippen molar-refractivity contribution in [1.82, 2.24) is 0 Å². The number of rotatable bonds is 32. The Balaban J connectivity index is 1.16. The molecule has 4 N–H and O–H groups in total. The first-order valence-corrected chi connectivity index (χ1v) is 15.4. The predicted octanol–water partition coefficient (Wildman–Crippen LogP) is 2.46. The zero-order valence-electron chi connectivity index (χ0n) is 26.4. The van der Waals surface area contributed by atoms with Gasteiger partial charge in [0.1, 0.15) is 24.7 Å². The molecule has 0 heterocycles. The lowest BCUT2D eigenvalue weighted by Crippen LogP contribution is -2.15. The maximum absolute atomic E-state index is 5.82. The highest BCUT2D eigenvalue weighted by molar-refractivity contribution is 5.52. The Kier molecular flexibility index (Phi) is 24.6. The smallest absolute Gasteiger partial charge is 0.142 e. The van der Waals surface area contributed by atoms with Crippen LogP contribution in [0, 0.1) is 0 Å². The number of nitrogen functional groups attached to an aromatic ring is 2. The molecule has 0 aliphatic heterocycles. The number of benzene rings is 2. The minimum absolute atomic E-state index is 0.437. The van der Waals surface area contributed by atoms with Crippen LogP contribution >= 0.6 is 0 Å². The standard InChI is InChI=1S/C32H52N2O11/c33-29-5-1-3-7-31(29)44-27-25-42-23-21-40-19-17-38-15-13-36-11-9-35-10-12-37-14-16-39-18-20-41-22-24-43-26-28-45-32-8-4-2-6-30(32)34/h1-8H,9-28,33-34H2. The van der Waals surface area contributed by atoms with E-state index in [1.165, 1.54) is 0 Å². The first-order chi connectivity index (χ1) is 22.3. The summed E-state index contributed by atoms with van der Waals surface area (Å²) in [5.41, 5.74) is 12.9. The molecule has 0 saturated heterocycles. The molecule has 0 saturated carbocycles. The molecule has 13 nitrogen and oxygen atoms in total. The van der Waals surface area contributed by atoms with Gasteiger partial charge in [0.05, 0.1) is 130 Å². The summed E-state index contributed by atoms with van der Waals surface area (Å²) in [5, 5.41) is 0. The zero-order chi connectivity index (χ0) is 31.9. The Bertz CT molecular complexity index is 868. The van der Waals surface area contributed by atoms with Crippen LogP contribution in [-0.4, -0.2) is 132 Å². The molecule has 2 aromatic rings. The topological polar surface area (TPSA) is 154 Å². The lowest BCUT2D eigenvalue weighted by atomic mass is 10.3. The fraction of sp³-hybridized carbons (Fsp3) is 0.625. The van der Waals surface area contributed by atoms with Crippen molar-refractivity contribution in [3.05, 3.63) is 48.5 Å². The van der Waals surface area contributed by atoms with Gasteiger partial charge in [0.2, 0.25) is 0 Å². The SMILES string of the molecule is Nc1ccccc1OCCOCCOCCOCCOCCOCCOCCOCCOCCOCCOc1ccccc1N. The van der Waals surface area contributed by atoms with Gasteiger partial charge in [0.25, 0.3) is 0 Å². The highest BCUT2D eigenvalue weighted by Gasteiger charge is 2.00. The van der Waals surface area contributed by atoms with Crippen molar-refractivity contribution in [3.8, 4) is 11.5 Å². The minimum atomic E-state index is 0.437. The molecule has 0 aliphatic carbocycles. The van der Waals surface area contributed by atoms with E-state index < -0.39 is 0 Å². The molecule has 2 aromatic carbocycles. The van der Waals surface area contributed by atoms with E-state index in [-0.39, 0.29) is 0 Å². The third kappa shape index (κ3) is 22.4. The van der Waals surface area contributed by atoms with Gasteiger partial charge in [-0.15, -0.1) is 0 Å². The molecule has 0 amide bonds. The van der Waals surface area contributed by atoms with Crippen LogP contribution in [0.5, 0.6) is 11.5 Å². The molecule has 13 heteroatoms. The highest BCUT2D eigenvalue weighted by Crippen LogP contribution is 2.20. The number of para-hydroxylation sites is 4. The molecule has 0 aliphatic rings. The van der Waals surface area contributed by atoms with Crippen LogP contribution in [-0.2, 0) is 42.6 Å². The largest absolute Gasteiger partial charge is 0.489 e. The second-order valence-corrected chi connectivity index (χ2v) is 9.28. The molecule has 2 rings (SSSR count). The number of hydrogen-bond donors (Lipinski definition) is 2. The van der Waals surface area contributed by atoms with Gasteiger partial charge in [-0.25, -0.2) is 0 Å². The van der Waals surface area contributed by atoms with Crippen LogP contribution < -0.4 is 20.9 Å². The summed E-state index contributed by atoms with van der Waals surface area (Å²) in [6, 6.07) is 14.8. The average molecular weight is 641 g/mol. The molecular formula is C32H52N2O11. The van der Waals surface area contributed by atoms with E-state index in [1.54, 1.807) is 12.1 Å². The predicted molar refractivity (Wildman–Crippen MR) is 170 cm³/mol. The van der Waals surface area contributed by atoms with Gasteiger partial charge in [-0.05, 0) is 24.3 Å². The summed E-state index contributed by atoms with van der Waals surface area (Å²) < 4.78 is 60.4. The van der Waals surface area contributed by atoms with Crippen molar-refractivity contribution < 1.29 is 52.1 Å². The molecular weight excluding hydrogens is 588 g/mol. The number of hydrogen-bond acceptors (Lipinski definition) is 13. The van der Waals surface area contributed by atoms with Gasteiger partial charge in [0, 0.05) is 0 Å². The van der Waals surface area contributed by atoms with Gasteiger partial charge >= 0.3 is 0 Å². The number of nitrogens with two attached hydrogens (primary N) is 2. The van der Waals surface area contributed by atoms with Crippen LogP contribution in [0.25, 0.3) is 0 Å². The monoisotopic (exact) mass is 640 g/mol. The van der Waals surface area contributed by atoms with Crippen LogP contribution in [0.1, 0.15) is 0 Å². The number of ether oxygens (including phenoxy) is 11. The van der Waals surface area contributed by atoms with Gasteiger partial charge in [-0.2, -0.15) is 0 Å². The Morgan fingerprint density at radius 3 is 0.711 bits per heavy atom. The first kappa shape index (κ1) is 38.5. The lowest BCUT2D eigenvalue weighted by Gasteiger charge is -2.10. The van der Waals surface area contributed by atoms with E-state index in [0.717, 1.165) is 0 Å². The molecule has 0 radical (unpaired) electrons. The second kappa shape index (κ2) is 28.7. The highest BCUT2D eigenvalue weighted by atomic mass is 16.6. The maximum atomic E-state index is 5.82. The third-order valence-corrected chi connectivity index (χ3v) is 5.78. The normalized spacial score (nSPS) is 11.2. The fourth-order valence-corrected chi connectivity index (χ4v) is 3.51. The Morgan fingerprint density at radius 1 is 0.289 bits per heavy atom. The van der Waals surface area contributed by atoms with E-state index >= 15 is 0 Å². The van der Waals surface area contributed by atoms with Gasteiger partial charge in [-0.1, -0.05) is 24.3 Å². The van der Waals surface area contributed by atoms with Gasteiger partial charge in [0.15, 0.2) is 0 Å². The Labute approximate surface area is 267 Å². The molecule has 0 aromatic heterocycles. The maximum Gasteiger partial charge on any atom is 0.142 e. The van der Waals surface area contributed by atoms with Crippen LogP contribution in [0.3, 0.4) is 0 Å². The van der Waals surface area contributed by atoms with Crippen LogP contribution in [0.2, 0.25) is 0 Å². The van der Waals surface area contributed by atoms with Crippen molar-refractivity contribution in [3.63, 3.8) is 0 Å². The fourth-order valence-electron chi connectivity index (χ4n) is 3.51. The Morgan fingerprint density at radius 2 is 0.489 bits per heavy atom. The quantitative estimate of drug-likeness (QED) is 0.0890. The van der Waals surface area contributed by atoms with E-state index in [0.29, 0.717) is 155 Å². The van der Waals surface area contributed by atoms with Crippen molar-refractivity contribution >= 4 is 11.4 Å². The summed E-state index contributed by atoms with van der Waals surface area (Å²) in [5.74, 6) is 1.34. The average Bonchev–Trinajstić information content (AvgIpc) is 3.05. The second-order valence-electron chi connectivity index (χ2n) is 9.28. The van der Waals surface area contributed by atoms with Crippen molar-refractivity contribution in [2.75, 3.05) is 144 Å². The molecule has 0 spiro atoms. The minimum Gasteiger partial charge on any atom is -0.489 e. The van der Waals surface area contributed by atoms with Crippen molar-refractivity contribution in [1.29, 1.82) is 0 Å². The van der Waals surface area contributed by atoms with E-state index in [1.807, 2.05) is 36.4 Å². The molecule has 0 atom stereocenters. The molecule has 256 valence electrons. The van der Waals surface area contributed by atoms with Gasteiger partial charge < -0.3 is 63.6 Å². The summed E-state index contributed by atoms with van der Waals surface area (Å²) in [4.78, 5) is 0. The van der Waals surface area contributed by atoms with E-state index in [9.17, 15) is 0 Å². The molecule has 0 fully saturated rings. The zero-order valence-corrected chi connectivity index (χ0v) is 26.4. The van der Waals surface area contributed by atoms with Gasteiger partial charge in [-0.3, -0.25) is 0 Å². The van der Waals surface area contributed by atoms with E-state index in [2.05, 4.69) is 0 Å². The summed E-state index contributed by atoms with van der Waals surface area (Å²) in [7, 11) is 0. The third-order valence-electron chi connectivity index (χ3n) is 5.78. The Hall–Kier alpha value is -2.72. The number of anilines is 2. The first-order valence-electron chi connectivity index (χ1n) is 15.4. The molecule has 0 unspecified atom stereocenters. The summed E-state index contributed by atoms with van der Waals surface area (Å²) in [6.07, 6.45) is 0. The molecule has 0 bridgehead atoms. The van der Waals surface area contributed by atoms with Crippen molar-refractivity contribution in [2.45, 2.75) is 0 Å². The van der Waals surface area contributed by atoms with Crippen LogP contribution in [0.4, 0.5) is 11.4 Å². The van der Waals surface area contributed by atoms with E-state index in [4.69, 9.17) is 63.6 Å². The molecule has 45 heavy (non-hydrogen) atoms. The summed E-state index contributed by atoms with van der Waals surface area (Å²) >= 11 is 0.